The maximum atomic E-state index is 13.8. The van der Waals surface area contributed by atoms with Gasteiger partial charge in [0.05, 0.1) is 17.7 Å². The van der Waals surface area contributed by atoms with Gasteiger partial charge in [0.1, 0.15) is 24.2 Å². The normalized spacial score (nSPS) is 12.1. The van der Waals surface area contributed by atoms with Gasteiger partial charge in [0.15, 0.2) is 0 Å². The molecule has 0 aliphatic carbocycles. The lowest BCUT2D eigenvalue weighted by Crippen LogP contribution is -2.52. The van der Waals surface area contributed by atoms with E-state index in [9.17, 15) is 22.4 Å². The van der Waals surface area contributed by atoms with Crippen LogP contribution in [0.5, 0.6) is 5.75 Å². The Morgan fingerprint density at radius 1 is 0.921 bits per heavy atom. The van der Waals surface area contributed by atoms with Crippen LogP contribution in [0.25, 0.3) is 0 Å². The minimum absolute atomic E-state index is 0.0642. The summed E-state index contributed by atoms with van der Waals surface area (Å²) in [5.74, 6) is -0.893. The lowest BCUT2D eigenvalue weighted by Gasteiger charge is -2.32. The van der Waals surface area contributed by atoms with Gasteiger partial charge >= 0.3 is 0 Å². The number of nitrogens with zero attached hydrogens (tertiary/aromatic N) is 2. The number of methoxy groups -OCH3 is 1. The standard InChI is InChI=1S/C28H32FN3O5S/c1-20(2)30-28(34)21(3)31(18-22-10-14-25(37-4)15-11-22)27(33)19-32(24-8-6-5-7-9-24)38(35,36)26-16-12-23(29)13-17-26/h5-17,20-21H,18-19H2,1-4H3,(H,30,34). The van der Waals surface area contributed by atoms with E-state index in [4.69, 9.17) is 4.74 Å². The smallest absolute Gasteiger partial charge is 0.264 e. The fraction of sp³-hybridized carbons (Fsp3) is 0.286. The highest BCUT2D eigenvalue weighted by Gasteiger charge is 2.32. The first-order valence-corrected chi connectivity index (χ1v) is 13.5. The summed E-state index contributed by atoms with van der Waals surface area (Å²) in [6.45, 7) is 4.72. The molecular formula is C28H32FN3O5S. The predicted molar refractivity (Wildman–Crippen MR) is 144 cm³/mol. The van der Waals surface area contributed by atoms with Crippen molar-refractivity contribution in [2.75, 3.05) is 18.0 Å². The molecule has 8 nitrogen and oxygen atoms in total. The van der Waals surface area contributed by atoms with Gasteiger partial charge in [-0.2, -0.15) is 0 Å². The molecular weight excluding hydrogens is 509 g/mol. The molecule has 1 atom stereocenters. The topological polar surface area (TPSA) is 96.0 Å². The van der Waals surface area contributed by atoms with Gasteiger partial charge < -0.3 is 15.0 Å². The van der Waals surface area contributed by atoms with Crippen molar-refractivity contribution in [1.29, 1.82) is 0 Å². The zero-order valence-electron chi connectivity index (χ0n) is 21.8. The van der Waals surface area contributed by atoms with Gasteiger partial charge in [0.25, 0.3) is 10.0 Å². The molecule has 0 aliphatic rings. The molecule has 202 valence electrons. The fourth-order valence-corrected chi connectivity index (χ4v) is 5.19. The molecule has 3 rings (SSSR count). The molecule has 2 amide bonds. The van der Waals surface area contributed by atoms with Crippen molar-refractivity contribution in [3.63, 3.8) is 0 Å². The summed E-state index contributed by atoms with van der Waals surface area (Å²) in [6, 6.07) is 18.6. The predicted octanol–water partition coefficient (Wildman–Crippen LogP) is 3.97. The Balaban J connectivity index is 1.99. The molecule has 0 spiro atoms. The number of rotatable bonds is 11. The SMILES string of the molecule is COc1ccc(CN(C(=O)CN(c2ccccc2)S(=O)(=O)c2ccc(F)cc2)C(C)C(=O)NC(C)C)cc1. The van der Waals surface area contributed by atoms with Gasteiger partial charge in [-0.05, 0) is 74.9 Å². The van der Waals surface area contributed by atoms with Gasteiger partial charge in [0.2, 0.25) is 11.8 Å². The van der Waals surface area contributed by atoms with E-state index in [0.717, 1.165) is 34.1 Å². The third kappa shape index (κ3) is 7.10. The van der Waals surface area contributed by atoms with Crippen molar-refractivity contribution in [3.8, 4) is 5.75 Å². The van der Waals surface area contributed by atoms with Crippen molar-refractivity contribution >= 4 is 27.5 Å². The summed E-state index contributed by atoms with van der Waals surface area (Å²) >= 11 is 0. The van der Waals surface area contributed by atoms with Gasteiger partial charge in [-0.15, -0.1) is 0 Å². The lowest BCUT2D eigenvalue weighted by atomic mass is 10.1. The largest absolute Gasteiger partial charge is 0.497 e. The zero-order valence-corrected chi connectivity index (χ0v) is 22.6. The van der Waals surface area contributed by atoms with E-state index >= 15 is 0 Å². The molecule has 1 N–H and O–H groups in total. The molecule has 0 heterocycles. The molecule has 1 unspecified atom stereocenters. The fourth-order valence-electron chi connectivity index (χ4n) is 3.77. The molecule has 38 heavy (non-hydrogen) atoms. The Labute approximate surface area is 223 Å². The van der Waals surface area contributed by atoms with Gasteiger partial charge in [0, 0.05) is 12.6 Å². The minimum atomic E-state index is -4.24. The van der Waals surface area contributed by atoms with E-state index < -0.39 is 34.3 Å². The van der Waals surface area contributed by atoms with E-state index in [0.29, 0.717) is 5.75 Å². The summed E-state index contributed by atoms with van der Waals surface area (Å²) in [4.78, 5) is 27.9. The second kappa shape index (κ2) is 12.6. The monoisotopic (exact) mass is 541 g/mol. The molecule has 0 aromatic heterocycles. The summed E-state index contributed by atoms with van der Waals surface area (Å²) in [5.41, 5.74) is 0.991. The second-order valence-electron chi connectivity index (χ2n) is 9.01. The van der Waals surface area contributed by atoms with E-state index in [2.05, 4.69) is 5.32 Å². The highest BCUT2D eigenvalue weighted by atomic mass is 32.2. The Morgan fingerprint density at radius 3 is 2.08 bits per heavy atom. The third-order valence-electron chi connectivity index (χ3n) is 5.83. The number of ether oxygens (including phenoxy) is 1. The number of sulfonamides is 1. The first-order valence-electron chi connectivity index (χ1n) is 12.1. The van der Waals surface area contributed by atoms with E-state index in [1.54, 1.807) is 68.6 Å². The molecule has 3 aromatic carbocycles. The molecule has 0 bridgehead atoms. The molecule has 10 heteroatoms. The number of para-hydroxylation sites is 1. The minimum Gasteiger partial charge on any atom is -0.497 e. The number of nitrogens with one attached hydrogen (secondary N) is 1. The molecule has 0 saturated heterocycles. The Bertz CT molecular complexity index is 1330. The quantitative estimate of drug-likeness (QED) is 0.396. The maximum Gasteiger partial charge on any atom is 0.264 e. The van der Waals surface area contributed by atoms with Crippen LogP contribution < -0.4 is 14.4 Å². The number of hydrogen-bond acceptors (Lipinski definition) is 5. The average molecular weight is 542 g/mol. The van der Waals surface area contributed by atoms with Gasteiger partial charge in [-0.1, -0.05) is 30.3 Å². The average Bonchev–Trinajstić information content (AvgIpc) is 2.90. The van der Waals surface area contributed by atoms with Gasteiger partial charge in [-0.25, -0.2) is 12.8 Å². The number of halogens is 1. The van der Waals surface area contributed by atoms with Crippen LogP contribution in [-0.2, 0) is 26.2 Å². The van der Waals surface area contributed by atoms with Crippen LogP contribution in [0.1, 0.15) is 26.3 Å². The van der Waals surface area contributed by atoms with Gasteiger partial charge in [-0.3, -0.25) is 13.9 Å². The molecule has 0 radical (unpaired) electrons. The Kier molecular flexibility index (Phi) is 9.46. The highest BCUT2D eigenvalue weighted by Crippen LogP contribution is 2.25. The maximum absolute atomic E-state index is 13.8. The molecule has 0 aliphatic heterocycles. The second-order valence-corrected chi connectivity index (χ2v) is 10.9. The van der Waals surface area contributed by atoms with Crippen molar-refractivity contribution < 1.29 is 27.1 Å². The highest BCUT2D eigenvalue weighted by molar-refractivity contribution is 7.92. The Morgan fingerprint density at radius 2 is 1.53 bits per heavy atom. The van der Waals surface area contributed by atoms with Crippen LogP contribution in [0.2, 0.25) is 0 Å². The van der Waals surface area contributed by atoms with Crippen LogP contribution in [-0.4, -0.2) is 50.9 Å². The summed E-state index contributed by atoms with van der Waals surface area (Å²) in [7, 11) is -2.70. The third-order valence-corrected chi connectivity index (χ3v) is 7.62. The molecule has 0 saturated carbocycles. The molecule has 3 aromatic rings. The van der Waals surface area contributed by atoms with Crippen LogP contribution in [0.4, 0.5) is 10.1 Å². The van der Waals surface area contributed by atoms with E-state index in [1.165, 1.54) is 4.90 Å². The Hall–Kier alpha value is -3.92. The number of amides is 2. The number of anilines is 1. The van der Waals surface area contributed by atoms with E-state index in [1.807, 2.05) is 13.8 Å². The number of hydrogen-bond donors (Lipinski definition) is 1. The number of carbonyl (C=O) groups is 2. The first-order chi connectivity index (χ1) is 18.0. The van der Waals surface area contributed by atoms with Crippen molar-refractivity contribution in [2.45, 2.75) is 44.3 Å². The summed E-state index contributed by atoms with van der Waals surface area (Å²) < 4.78 is 46.9. The van der Waals surface area contributed by atoms with E-state index in [-0.39, 0.29) is 29.1 Å². The van der Waals surface area contributed by atoms with Crippen LogP contribution in [0.3, 0.4) is 0 Å². The number of carbonyl (C=O) groups excluding carboxylic acids is 2. The summed E-state index contributed by atoms with van der Waals surface area (Å²) in [6.07, 6.45) is 0. The van der Waals surface area contributed by atoms with Crippen LogP contribution in [0.15, 0.2) is 83.8 Å². The lowest BCUT2D eigenvalue weighted by molar-refractivity contribution is -0.139. The van der Waals surface area contributed by atoms with Crippen molar-refractivity contribution in [2.24, 2.45) is 0 Å². The van der Waals surface area contributed by atoms with Crippen LogP contribution in [0, 0.1) is 5.82 Å². The molecule has 0 fully saturated rings. The number of benzene rings is 3. The first kappa shape index (κ1) is 28.6. The van der Waals surface area contributed by atoms with Crippen LogP contribution >= 0.6 is 0 Å². The summed E-state index contributed by atoms with van der Waals surface area (Å²) in [5, 5.41) is 2.81. The van der Waals surface area contributed by atoms with Crippen molar-refractivity contribution in [1.82, 2.24) is 10.2 Å². The van der Waals surface area contributed by atoms with Crippen molar-refractivity contribution in [3.05, 3.63) is 90.2 Å². The zero-order chi connectivity index (χ0) is 27.9.